The summed E-state index contributed by atoms with van der Waals surface area (Å²) in [5, 5.41) is 0. The zero-order chi connectivity index (χ0) is 9.84. The molecule has 0 fully saturated rings. The molecule has 0 heterocycles. The molecule has 0 bridgehead atoms. The fourth-order valence-electron chi connectivity index (χ4n) is 1.11. The van der Waals surface area contributed by atoms with Crippen LogP contribution >= 0.6 is 0 Å². The predicted molar refractivity (Wildman–Crippen MR) is 54.9 cm³/mol. The van der Waals surface area contributed by atoms with Gasteiger partial charge in [-0.3, -0.25) is 0 Å². The van der Waals surface area contributed by atoms with E-state index in [-0.39, 0.29) is 6.10 Å². The van der Waals surface area contributed by atoms with E-state index in [0.29, 0.717) is 0 Å². The van der Waals surface area contributed by atoms with Gasteiger partial charge < -0.3 is 4.74 Å². The topological polar surface area (TPSA) is 9.23 Å². The number of hydrogen-bond acceptors (Lipinski definition) is 1. The standard InChI is InChI=1S/C12H14O/c1-5-11-8-10(4)6-7-12(11)13-9(2)3/h1,6-9H,2-4H3. The van der Waals surface area contributed by atoms with E-state index in [1.54, 1.807) is 0 Å². The van der Waals surface area contributed by atoms with Crippen molar-refractivity contribution in [3.05, 3.63) is 29.3 Å². The average molecular weight is 174 g/mol. The Morgan fingerprint density at radius 1 is 1.38 bits per heavy atom. The Morgan fingerprint density at radius 2 is 2.08 bits per heavy atom. The molecule has 13 heavy (non-hydrogen) atoms. The van der Waals surface area contributed by atoms with Crippen molar-refractivity contribution in [1.82, 2.24) is 0 Å². The quantitative estimate of drug-likeness (QED) is 0.626. The van der Waals surface area contributed by atoms with Crippen molar-refractivity contribution >= 4 is 0 Å². The molecule has 0 N–H and O–H groups in total. The summed E-state index contributed by atoms with van der Waals surface area (Å²) in [4.78, 5) is 0. The van der Waals surface area contributed by atoms with E-state index >= 15 is 0 Å². The lowest BCUT2D eigenvalue weighted by Gasteiger charge is -2.11. The second kappa shape index (κ2) is 4.00. The van der Waals surface area contributed by atoms with Gasteiger partial charge in [0.1, 0.15) is 5.75 Å². The van der Waals surface area contributed by atoms with Crippen LogP contribution in [0, 0.1) is 19.3 Å². The summed E-state index contributed by atoms with van der Waals surface area (Å²) in [5.41, 5.74) is 1.98. The molecule has 1 aromatic carbocycles. The van der Waals surface area contributed by atoms with Crippen molar-refractivity contribution in [2.75, 3.05) is 0 Å². The lowest BCUT2D eigenvalue weighted by molar-refractivity contribution is 0.241. The molecule has 0 amide bonds. The molecule has 1 rings (SSSR count). The van der Waals surface area contributed by atoms with Gasteiger partial charge in [-0.05, 0) is 38.5 Å². The molecule has 0 saturated carbocycles. The summed E-state index contributed by atoms with van der Waals surface area (Å²) < 4.78 is 5.55. The third-order valence-corrected chi connectivity index (χ3v) is 1.65. The third-order valence-electron chi connectivity index (χ3n) is 1.65. The molecule has 1 aromatic rings. The van der Waals surface area contributed by atoms with E-state index in [0.717, 1.165) is 16.9 Å². The highest BCUT2D eigenvalue weighted by atomic mass is 16.5. The van der Waals surface area contributed by atoms with Crippen LogP contribution in [0.1, 0.15) is 25.0 Å². The van der Waals surface area contributed by atoms with Crippen LogP contribution in [-0.2, 0) is 0 Å². The predicted octanol–water partition coefficient (Wildman–Crippen LogP) is 2.76. The molecule has 0 aliphatic carbocycles. The Balaban J connectivity index is 3.01. The van der Waals surface area contributed by atoms with Gasteiger partial charge in [-0.1, -0.05) is 12.0 Å². The Kier molecular flexibility index (Phi) is 2.97. The fraction of sp³-hybridized carbons (Fsp3) is 0.333. The van der Waals surface area contributed by atoms with Crippen LogP contribution in [0.4, 0.5) is 0 Å². The van der Waals surface area contributed by atoms with Gasteiger partial charge in [0.05, 0.1) is 11.7 Å². The minimum Gasteiger partial charge on any atom is -0.490 e. The van der Waals surface area contributed by atoms with Crippen molar-refractivity contribution in [2.45, 2.75) is 26.9 Å². The number of terminal acetylenes is 1. The number of aryl methyl sites for hydroxylation is 1. The van der Waals surface area contributed by atoms with Gasteiger partial charge in [0.25, 0.3) is 0 Å². The van der Waals surface area contributed by atoms with Crippen LogP contribution in [-0.4, -0.2) is 6.10 Å². The van der Waals surface area contributed by atoms with Gasteiger partial charge in [0.2, 0.25) is 0 Å². The maximum atomic E-state index is 5.55. The lowest BCUT2D eigenvalue weighted by atomic mass is 10.1. The Labute approximate surface area is 79.7 Å². The minimum atomic E-state index is 0.162. The van der Waals surface area contributed by atoms with Crippen LogP contribution in [0.5, 0.6) is 5.75 Å². The van der Waals surface area contributed by atoms with Gasteiger partial charge in [-0.2, -0.15) is 0 Å². The van der Waals surface area contributed by atoms with Crippen LogP contribution < -0.4 is 4.74 Å². The average Bonchev–Trinajstić information content (AvgIpc) is 2.07. The van der Waals surface area contributed by atoms with Crippen molar-refractivity contribution in [3.63, 3.8) is 0 Å². The number of hydrogen-bond donors (Lipinski definition) is 0. The zero-order valence-corrected chi connectivity index (χ0v) is 8.29. The Hall–Kier alpha value is -1.42. The molecule has 0 radical (unpaired) electrons. The largest absolute Gasteiger partial charge is 0.490 e. The van der Waals surface area contributed by atoms with Crippen LogP contribution in [0.15, 0.2) is 18.2 Å². The highest BCUT2D eigenvalue weighted by Gasteiger charge is 2.02. The summed E-state index contributed by atoms with van der Waals surface area (Å²) in [5.74, 6) is 3.41. The monoisotopic (exact) mass is 174 g/mol. The van der Waals surface area contributed by atoms with Crippen LogP contribution in [0.2, 0.25) is 0 Å². The summed E-state index contributed by atoms with van der Waals surface area (Å²) in [6, 6.07) is 5.88. The zero-order valence-electron chi connectivity index (χ0n) is 8.29. The molecule has 0 saturated heterocycles. The van der Waals surface area contributed by atoms with E-state index in [9.17, 15) is 0 Å². The smallest absolute Gasteiger partial charge is 0.135 e. The summed E-state index contributed by atoms with van der Waals surface area (Å²) >= 11 is 0. The maximum Gasteiger partial charge on any atom is 0.135 e. The first-order chi connectivity index (χ1) is 6.13. The molecule has 68 valence electrons. The van der Waals surface area contributed by atoms with E-state index in [1.165, 1.54) is 0 Å². The van der Waals surface area contributed by atoms with E-state index in [4.69, 9.17) is 11.2 Å². The second-order valence-corrected chi connectivity index (χ2v) is 3.31. The molecular formula is C12H14O. The molecule has 0 aromatic heterocycles. The lowest BCUT2D eigenvalue weighted by Crippen LogP contribution is -2.06. The van der Waals surface area contributed by atoms with Crippen molar-refractivity contribution in [1.29, 1.82) is 0 Å². The normalized spacial score (nSPS) is 9.77. The second-order valence-electron chi connectivity index (χ2n) is 3.31. The van der Waals surface area contributed by atoms with E-state index < -0.39 is 0 Å². The third kappa shape index (κ3) is 2.52. The first-order valence-corrected chi connectivity index (χ1v) is 4.37. The van der Waals surface area contributed by atoms with Gasteiger partial charge in [-0.25, -0.2) is 0 Å². The van der Waals surface area contributed by atoms with Gasteiger partial charge in [-0.15, -0.1) is 6.42 Å². The van der Waals surface area contributed by atoms with Gasteiger partial charge in [0, 0.05) is 0 Å². The Morgan fingerprint density at radius 3 is 2.62 bits per heavy atom. The van der Waals surface area contributed by atoms with Gasteiger partial charge in [0.15, 0.2) is 0 Å². The maximum absolute atomic E-state index is 5.55. The van der Waals surface area contributed by atoms with E-state index in [2.05, 4.69) is 5.92 Å². The van der Waals surface area contributed by atoms with Crippen molar-refractivity contribution in [2.24, 2.45) is 0 Å². The van der Waals surface area contributed by atoms with Crippen LogP contribution in [0.3, 0.4) is 0 Å². The molecule has 0 atom stereocenters. The number of benzene rings is 1. The molecule has 0 aliphatic rings. The SMILES string of the molecule is C#Cc1cc(C)ccc1OC(C)C. The van der Waals surface area contributed by atoms with Crippen molar-refractivity contribution in [3.8, 4) is 18.1 Å². The first-order valence-electron chi connectivity index (χ1n) is 4.37. The molecule has 1 heteroatoms. The summed E-state index contributed by atoms with van der Waals surface area (Å²) in [7, 11) is 0. The summed E-state index contributed by atoms with van der Waals surface area (Å²) in [6.45, 7) is 5.99. The van der Waals surface area contributed by atoms with Crippen LogP contribution in [0.25, 0.3) is 0 Å². The molecular weight excluding hydrogens is 160 g/mol. The minimum absolute atomic E-state index is 0.162. The highest BCUT2D eigenvalue weighted by molar-refractivity contribution is 5.46. The fourth-order valence-corrected chi connectivity index (χ4v) is 1.11. The molecule has 0 unspecified atom stereocenters. The first kappa shape index (κ1) is 9.67. The summed E-state index contributed by atoms with van der Waals surface area (Å²) in [6.07, 6.45) is 5.53. The molecule has 1 nitrogen and oxygen atoms in total. The number of rotatable bonds is 2. The van der Waals surface area contributed by atoms with Crippen molar-refractivity contribution < 1.29 is 4.74 Å². The molecule has 0 aliphatic heterocycles. The Bertz CT molecular complexity index is 331. The molecule has 0 spiro atoms. The number of ether oxygens (including phenoxy) is 1. The highest BCUT2D eigenvalue weighted by Crippen LogP contribution is 2.19. The van der Waals surface area contributed by atoms with Gasteiger partial charge >= 0.3 is 0 Å². The van der Waals surface area contributed by atoms with E-state index in [1.807, 2.05) is 39.0 Å².